The quantitative estimate of drug-likeness (QED) is 0.128. The number of halogens is 3. The van der Waals surface area contributed by atoms with Crippen LogP contribution in [0.5, 0.6) is 0 Å². The molecule has 15 nitrogen and oxygen atoms in total. The number of nitrogens with one attached hydrogen (secondary N) is 3. The summed E-state index contributed by atoms with van der Waals surface area (Å²) in [7, 11) is -4.47. The molecule has 0 radical (unpaired) electrons. The van der Waals surface area contributed by atoms with E-state index >= 15 is 0 Å². The van der Waals surface area contributed by atoms with E-state index in [0.717, 1.165) is 5.56 Å². The number of hydroxylamine groups is 1. The number of rotatable bonds is 9. The standard InChI is InChI=1S/C20H26N6O7S.C2HF3O2/c1-10-18(11(2)31-25-10)34(29,30)33-20(28)15(21)9-24-17(27)8-14-7-16(26-32-14)12-3-5-13(6-4-12)19(22)23;3-2(4,5)1(6)7/h3-6,14-16,26H,7-9,21H2,1-2H3,(H3,22,23)(H,24,27);(H,6,7)/t14-,15?,16-;/m0./s1. The molecule has 1 aliphatic rings. The Morgan fingerprint density at radius 2 is 1.85 bits per heavy atom. The van der Waals surface area contributed by atoms with Crippen molar-refractivity contribution in [3.63, 3.8) is 0 Å². The first-order valence-electron chi connectivity index (χ1n) is 11.5. The third-order valence-corrected chi connectivity index (χ3v) is 6.85. The van der Waals surface area contributed by atoms with Gasteiger partial charge in [-0.3, -0.25) is 15.0 Å². The Bertz CT molecular complexity index is 1360. The van der Waals surface area contributed by atoms with Gasteiger partial charge in [0.05, 0.1) is 18.6 Å². The summed E-state index contributed by atoms with van der Waals surface area (Å²) in [4.78, 5) is 38.4. The van der Waals surface area contributed by atoms with Gasteiger partial charge in [0.2, 0.25) is 5.91 Å². The fourth-order valence-electron chi connectivity index (χ4n) is 3.39. The number of hydrogen-bond acceptors (Lipinski definition) is 12. The van der Waals surface area contributed by atoms with Gasteiger partial charge in [0.15, 0.2) is 10.7 Å². The van der Waals surface area contributed by atoms with Crippen molar-refractivity contribution in [2.24, 2.45) is 11.5 Å². The van der Waals surface area contributed by atoms with Crippen LogP contribution in [0.4, 0.5) is 13.2 Å². The SMILES string of the molecule is Cc1noc(C)c1S(=O)(=O)OC(=O)C(N)CNC(=O)C[C@@H]1C[C@@H](c2ccc(C(=N)N)cc2)NO1.O=C(O)C(F)(F)F. The number of amides is 1. The predicted octanol–water partition coefficient (Wildman–Crippen LogP) is 0.309. The molecular formula is C22H27F3N6O9S. The molecule has 19 heteroatoms. The molecule has 8 N–H and O–H groups in total. The molecule has 0 spiro atoms. The van der Waals surface area contributed by atoms with Crippen LogP contribution in [0.15, 0.2) is 33.7 Å². The van der Waals surface area contributed by atoms with Crippen LogP contribution in [-0.2, 0) is 33.5 Å². The lowest BCUT2D eigenvalue weighted by atomic mass is 9.99. The van der Waals surface area contributed by atoms with Crippen molar-refractivity contribution in [2.45, 2.75) is 55.9 Å². The summed E-state index contributed by atoms with van der Waals surface area (Å²) in [6, 6.07) is 5.54. The van der Waals surface area contributed by atoms with Gasteiger partial charge in [-0.15, -0.1) is 0 Å². The molecular weight excluding hydrogens is 581 g/mol. The summed E-state index contributed by atoms with van der Waals surface area (Å²) in [5.74, 6) is -4.47. The zero-order chi connectivity index (χ0) is 31.1. The predicted molar refractivity (Wildman–Crippen MR) is 131 cm³/mol. The highest BCUT2D eigenvalue weighted by molar-refractivity contribution is 7.87. The number of aliphatic carboxylic acids is 1. The number of benzene rings is 1. The maximum Gasteiger partial charge on any atom is 0.490 e. The van der Waals surface area contributed by atoms with Gasteiger partial charge < -0.3 is 30.6 Å². The van der Waals surface area contributed by atoms with E-state index in [0.29, 0.717) is 12.0 Å². The Morgan fingerprint density at radius 1 is 1.27 bits per heavy atom. The minimum atomic E-state index is -5.08. The lowest BCUT2D eigenvalue weighted by molar-refractivity contribution is -0.192. The number of amidine groups is 1. The number of aryl methyl sites for hydroxylation is 2. The van der Waals surface area contributed by atoms with Gasteiger partial charge in [0.25, 0.3) is 0 Å². The number of alkyl halides is 3. The normalized spacial score (nSPS) is 17.6. The third kappa shape index (κ3) is 9.52. The molecule has 41 heavy (non-hydrogen) atoms. The van der Waals surface area contributed by atoms with E-state index in [1.165, 1.54) is 13.8 Å². The monoisotopic (exact) mass is 608 g/mol. The number of carbonyl (C=O) groups is 3. The van der Waals surface area contributed by atoms with Crippen molar-refractivity contribution in [1.82, 2.24) is 16.0 Å². The number of carboxylic acid groups (broad SMARTS) is 1. The summed E-state index contributed by atoms with van der Waals surface area (Å²) >= 11 is 0. The molecule has 1 unspecified atom stereocenters. The average molecular weight is 609 g/mol. The maximum atomic E-state index is 12.3. The van der Waals surface area contributed by atoms with Crippen LogP contribution in [0.25, 0.3) is 0 Å². The largest absolute Gasteiger partial charge is 0.490 e. The van der Waals surface area contributed by atoms with Crippen LogP contribution in [0, 0.1) is 19.3 Å². The Labute approximate surface area is 230 Å². The zero-order valence-electron chi connectivity index (χ0n) is 21.5. The van der Waals surface area contributed by atoms with Crippen molar-refractivity contribution in [3.05, 3.63) is 46.8 Å². The number of aromatic nitrogens is 1. The van der Waals surface area contributed by atoms with E-state index in [4.69, 9.17) is 36.1 Å². The molecule has 1 aromatic carbocycles. The minimum absolute atomic E-state index is 0.00578. The van der Waals surface area contributed by atoms with Gasteiger partial charge in [-0.25, -0.2) is 9.59 Å². The van der Waals surface area contributed by atoms with Crippen molar-refractivity contribution in [1.29, 1.82) is 5.41 Å². The highest BCUT2D eigenvalue weighted by atomic mass is 32.2. The summed E-state index contributed by atoms with van der Waals surface area (Å²) in [6.07, 6.45) is -5.01. The van der Waals surface area contributed by atoms with Gasteiger partial charge in [-0.1, -0.05) is 29.4 Å². The van der Waals surface area contributed by atoms with Gasteiger partial charge in [-0.05, 0) is 25.8 Å². The number of carboxylic acids is 1. The molecule has 0 bridgehead atoms. The highest BCUT2D eigenvalue weighted by Gasteiger charge is 2.38. The van der Waals surface area contributed by atoms with Crippen LogP contribution in [0.2, 0.25) is 0 Å². The molecule has 1 fully saturated rings. The average Bonchev–Trinajstić information content (AvgIpc) is 3.48. The molecule has 2 aromatic rings. The van der Waals surface area contributed by atoms with Gasteiger partial charge >= 0.3 is 28.2 Å². The summed E-state index contributed by atoms with van der Waals surface area (Å²) in [5.41, 5.74) is 15.6. The van der Waals surface area contributed by atoms with Crippen molar-refractivity contribution in [2.75, 3.05) is 6.54 Å². The van der Waals surface area contributed by atoms with Crippen molar-refractivity contribution < 1.29 is 54.6 Å². The molecule has 1 aliphatic heterocycles. The summed E-state index contributed by atoms with van der Waals surface area (Å²) in [5, 5.41) is 20.5. The second-order valence-corrected chi connectivity index (χ2v) is 10.1. The van der Waals surface area contributed by atoms with E-state index in [2.05, 4.69) is 20.1 Å². The van der Waals surface area contributed by atoms with Crippen LogP contribution in [0.1, 0.15) is 41.5 Å². The fraction of sp³-hybridized carbons (Fsp3) is 0.409. The Hall–Kier alpha value is -4.07. The third-order valence-electron chi connectivity index (χ3n) is 5.39. The first-order chi connectivity index (χ1) is 18.9. The second kappa shape index (κ2) is 13.5. The molecule has 1 saturated heterocycles. The summed E-state index contributed by atoms with van der Waals surface area (Å²) in [6.45, 7) is 2.43. The first kappa shape index (κ1) is 33.1. The van der Waals surface area contributed by atoms with E-state index in [-0.39, 0.29) is 41.2 Å². The summed E-state index contributed by atoms with van der Waals surface area (Å²) < 4.78 is 65.7. The van der Waals surface area contributed by atoms with E-state index in [1.807, 2.05) is 12.1 Å². The minimum Gasteiger partial charge on any atom is -0.475 e. The first-order valence-corrected chi connectivity index (χ1v) is 12.9. The number of nitrogens with zero attached hydrogens (tertiary/aromatic N) is 1. The van der Waals surface area contributed by atoms with Crippen LogP contribution >= 0.6 is 0 Å². The number of nitrogen functional groups attached to an aromatic ring is 1. The molecule has 1 amide bonds. The van der Waals surface area contributed by atoms with Crippen LogP contribution < -0.4 is 22.3 Å². The smallest absolute Gasteiger partial charge is 0.475 e. The number of hydrogen-bond donors (Lipinski definition) is 6. The lowest BCUT2D eigenvalue weighted by Crippen LogP contribution is -2.44. The molecule has 3 rings (SSSR count). The van der Waals surface area contributed by atoms with Crippen LogP contribution in [0.3, 0.4) is 0 Å². The molecule has 0 saturated carbocycles. The van der Waals surface area contributed by atoms with E-state index in [9.17, 15) is 31.2 Å². The molecule has 2 heterocycles. The number of carbonyl (C=O) groups excluding carboxylic acids is 2. The Kier molecular flexibility index (Phi) is 10.9. The topological polar surface area (TPSA) is 250 Å². The van der Waals surface area contributed by atoms with E-state index in [1.54, 1.807) is 12.1 Å². The van der Waals surface area contributed by atoms with Crippen LogP contribution in [-0.4, -0.2) is 67.2 Å². The van der Waals surface area contributed by atoms with Gasteiger partial charge in [0, 0.05) is 12.1 Å². The Balaban J connectivity index is 0.000000745. The maximum absolute atomic E-state index is 12.3. The van der Waals surface area contributed by atoms with Crippen molar-refractivity contribution in [3.8, 4) is 0 Å². The zero-order valence-corrected chi connectivity index (χ0v) is 22.3. The molecule has 0 aliphatic carbocycles. The van der Waals surface area contributed by atoms with Gasteiger partial charge in [-0.2, -0.15) is 27.1 Å². The van der Waals surface area contributed by atoms with Crippen molar-refractivity contribution >= 4 is 33.8 Å². The highest BCUT2D eigenvalue weighted by Crippen LogP contribution is 2.27. The molecule has 3 atom stereocenters. The molecule has 1 aromatic heterocycles. The van der Waals surface area contributed by atoms with Gasteiger partial charge in [0.1, 0.15) is 17.6 Å². The Morgan fingerprint density at radius 3 is 2.34 bits per heavy atom. The molecule has 226 valence electrons. The second-order valence-electron chi connectivity index (χ2n) is 8.61. The fourth-order valence-corrected chi connectivity index (χ4v) is 4.60. The lowest BCUT2D eigenvalue weighted by Gasteiger charge is -2.13. The van der Waals surface area contributed by atoms with E-state index < -0.39 is 46.3 Å². The number of nitrogens with two attached hydrogens (primary N) is 2.